The van der Waals surface area contributed by atoms with Gasteiger partial charge in [-0.15, -0.1) is 0 Å². The van der Waals surface area contributed by atoms with Crippen LogP contribution < -0.4 is 5.32 Å². The molecule has 92 valence electrons. The average Bonchev–Trinajstić information content (AvgIpc) is 2.79. The molecule has 0 amide bonds. The smallest absolute Gasteiger partial charge is 0.308 e. The van der Waals surface area contributed by atoms with Crippen molar-refractivity contribution in [2.75, 3.05) is 32.7 Å². The molecule has 2 aliphatic rings. The molecule has 0 spiro atoms. The van der Waals surface area contributed by atoms with Gasteiger partial charge < -0.3 is 15.3 Å². The van der Waals surface area contributed by atoms with E-state index >= 15 is 0 Å². The Bertz CT molecular complexity index is 233. The summed E-state index contributed by atoms with van der Waals surface area (Å²) < 4.78 is 0. The van der Waals surface area contributed by atoms with E-state index in [1.807, 2.05) is 0 Å². The summed E-state index contributed by atoms with van der Waals surface area (Å²) in [6.07, 6.45) is 4.51. The Labute approximate surface area is 97.0 Å². The van der Waals surface area contributed by atoms with Crippen molar-refractivity contribution in [3.8, 4) is 0 Å². The Hall–Kier alpha value is -0.610. The molecular weight excluding hydrogens is 204 g/mol. The summed E-state index contributed by atoms with van der Waals surface area (Å²) in [7, 11) is 0. The highest BCUT2D eigenvalue weighted by molar-refractivity contribution is 5.70. The summed E-state index contributed by atoms with van der Waals surface area (Å²) in [5.74, 6) is -0.377. The van der Waals surface area contributed by atoms with Gasteiger partial charge in [0, 0.05) is 6.54 Å². The molecule has 1 unspecified atom stereocenters. The van der Waals surface area contributed by atoms with E-state index in [9.17, 15) is 9.90 Å². The van der Waals surface area contributed by atoms with E-state index in [2.05, 4.69) is 10.2 Å². The van der Waals surface area contributed by atoms with Crippen LogP contribution in [-0.2, 0) is 4.79 Å². The third kappa shape index (κ3) is 2.95. The first-order valence-corrected chi connectivity index (χ1v) is 6.43. The van der Waals surface area contributed by atoms with Gasteiger partial charge >= 0.3 is 5.97 Å². The van der Waals surface area contributed by atoms with Crippen LogP contribution in [0, 0.1) is 11.8 Å². The van der Waals surface area contributed by atoms with E-state index in [4.69, 9.17) is 0 Å². The van der Waals surface area contributed by atoms with E-state index in [0.29, 0.717) is 5.92 Å². The van der Waals surface area contributed by atoms with Crippen LogP contribution in [0.15, 0.2) is 0 Å². The van der Waals surface area contributed by atoms with Crippen LogP contribution in [-0.4, -0.2) is 48.7 Å². The van der Waals surface area contributed by atoms with Crippen LogP contribution in [0.25, 0.3) is 0 Å². The summed E-state index contributed by atoms with van der Waals surface area (Å²) >= 11 is 0. The number of carboxylic acids is 1. The number of nitrogens with one attached hydrogen (secondary N) is 1. The number of nitrogens with zero attached hydrogens (tertiary/aromatic N) is 1. The molecule has 0 radical (unpaired) electrons. The summed E-state index contributed by atoms with van der Waals surface area (Å²) in [6, 6.07) is 0. The van der Waals surface area contributed by atoms with Crippen molar-refractivity contribution in [1.29, 1.82) is 0 Å². The van der Waals surface area contributed by atoms with Crippen LogP contribution in [0.3, 0.4) is 0 Å². The minimum Gasteiger partial charge on any atom is -0.481 e. The molecular formula is C12H22N2O2. The number of carbonyl (C=O) groups is 1. The molecule has 0 bridgehead atoms. The maximum atomic E-state index is 11.3. The Morgan fingerprint density at radius 3 is 2.50 bits per heavy atom. The van der Waals surface area contributed by atoms with Gasteiger partial charge in [0.2, 0.25) is 0 Å². The molecule has 4 nitrogen and oxygen atoms in total. The van der Waals surface area contributed by atoms with Crippen LogP contribution in [0.2, 0.25) is 0 Å². The van der Waals surface area contributed by atoms with Gasteiger partial charge in [0.15, 0.2) is 0 Å². The highest BCUT2D eigenvalue weighted by Crippen LogP contribution is 2.24. The summed E-state index contributed by atoms with van der Waals surface area (Å²) in [4.78, 5) is 13.7. The zero-order chi connectivity index (χ0) is 11.4. The minimum absolute atomic E-state index is 0.153. The Balaban J connectivity index is 1.90. The molecule has 0 aromatic heterocycles. The molecule has 0 aliphatic carbocycles. The van der Waals surface area contributed by atoms with Crippen LogP contribution in [0.5, 0.6) is 0 Å². The second-order valence-corrected chi connectivity index (χ2v) is 5.04. The van der Waals surface area contributed by atoms with Crippen molar-refractivity contribution in [2.24, 2.45) is 11.8 Å². The van der Waals surface area contributed by atoms with E-state index < -0.39 is 5.97 Å². The average molecular weight is 226 g/mol. The fraction of sp³-hybridized carbons (Fsp3) is 0.917. The molecule has 16 heavy (non-hydrogen) atoms. The van der Waals surface area contributed by atoms with Gasteiger partial charge in [-0.3, -0.25) is 4.79 Å². The number of rotatable bonds is 4. The number of aliphatic carboxylic acids is 1. The number of piperidine rings is 1. The molecule has 4 heteroatoms. The van der Waals surface area contributed by atoms with Crippen molar-refractivity contribution in [3.05, 3.63) is 0 Å². The first-order valence-electron chi connectivity index (χ1n) is 6.43. The van der Waals surface area contributed by atoms with Crippen molar-refractivity contribution in [3.63, 3.8) is 0 Å². The van der Waals surface area contributed by atoms with Gasteiger partial charge in [0.1, 0.15) is 0 Å². The lowest BCUT2D eigenvalue weighted by Crippen LogP contribution is -2.40. The van der Waals surface area contributed by atoms with Gasteiger partial charge in [-0.2, -0.15) is 0 Å². The molecule has 2 saturated heterocycles. The molecule has 0 aromatic rings. The molecule has 2 heterocycles. The zero-order valence-corrected chi connectivity index (χ0v) is 9.82. The molecule has 1 atom stereocenters. The number of likely N-dealkylation sites (tertiary alicyclic amines) is 1. The largest absolute Gasteiger partial charge is 0.481 e. The maximum absolute atomic E-state index is 11.3. The molecule has 0 aromatic carbocycles. The number of hydrogen-bond donors (Lipinski definition) is 2. The van der Waals surface area contributed by atoms with E-state index in [-0.39, 0.29) is 5.92 Å². The van der Waals surface area contributed by atoms with Crippen LogP contribution >= 0.6 is 0 Å². The standard InChI is InChI=1S/C12H22N2O2/c15-12(16)11(9-14-7-1-2-8-14)10-3-5-13-6-4-10/h10-11,13H,1-9H2,(H,15,16). The SMILES string of the molecule is O=C(O)C(CN1CCCC1)C1CCNCC1. The molecule has 0 saturated carbocycles. The maximum Gasteiger partial charge on any atom is 0.308 e. The summed E-state index contributed by atoms with van der Waals surface area (Å²) in [6.45, 7) is 4.91. The lowest BCUT2D eigenvalue weighted by molar-refractivity contribution is -0.144. The highest BCUT2D eigenvalue weighted by atomic mass is 16.4. The van der Waals surface area contributed by atoms with E-state index in [1.165, 1.54) is 12.8 Å². The zero-order valence-electron chi connectivity index (χ0n) is 9.82. The van der Waals surface area contributed by atoms with Gasteiger partial charge in [0.05, 0.1) is 5.92 Å². The van der Waals surface area contributed by atoms with Gasteiger partial charge in [-0.1, -0.05) is 0 Å². The fourth-order valence-corrected chi connectivity index (χ4v) is 2.92. The second kappa shape index (κ2) is 5.64. The lowest BCUT2D eigenvalue weighted by atomic mass is 9.84. The molecule has 2 fully saturated rings. The third-order valence-electron chi connectivity index (χ3n) is 3.92. The Kier molecular flexibility index (Phi) is 4.18. The molecule has 2 aliphatic heterocycles. The minimum atomic E-state index is -0.598. The summed E-state index contributed by atoms with van der Waals surface area (Å²) in [5.41, 5.74) is 0. The predicted molar refractivity (Wildman–Crippen MR) is 62.4 cm³/mol. The first kappa shape index (κ1) is 11.9. The molecule has 2 N–H and O–H groups in total. The third-order valence-corrected chi connectivity index (χ3v) is 3.92. The van der Waals surface area contributed by atoms with E-state index in [0.717, 1.165) is 45.6 Å². The lowest BCUT2D eigenvalue weighted by Gasteiger charge is -2.30. The first-order chi connectivity index (χ1) is 7.77. The highest BCUT2D eigenvalue weighted by Gasteiger charge is 2.31. The number of hydrogen-bond acceptors (Lipinski definition) is 3. The van der Waals surface area contributed by atoms with Gasteiger partial charge in [0.25, 0.3) is 0 Å². The van der Waals surface area contributed by atoms with Crippen molar-refractivity contribution < 1.29 is 9.90 Å². The summed E-state index contributed by atoms with van der Waals surface area (Å²) in [5, 5.41) is 12.6. The number of carboxylic acid groups (broad SMARTS) is 1. The fourth-order valence-electron chi connectivity index (χ4n) is 2.92. The molecule has 2 rings (SSSR count). The van der Waals surface area contributed by atoms with E-state index in [1.54, 1.807) is 0 Å². The van der Waals surface area contributed by atoms with Gasteiger partial charge in [-0.25, -0.2) is 0 Å². The van der Waals surface area contributed by atoms with Crippen molar-refractivity contribution in [2.45, 2.75) is 25.7 Å². The quantitative estimate of drug-likeness (QED) is 0.744. The Morgan fingerprint density at radius 2 is 1.94 bits per heavy atom. The monoisotopic (exact) mass is 226 g/mol. The van der Waals surface area contributed by atoms with Crippen molar-refractivity contribution in [1.82, 2.24) is 10.2 Å². The topological polar surface area (TPSA) is 52.6 Å². The van der Waals surface area contributed by atoms with Gasteiger partial charge in [-0.05, 0) is 57.8 Å². The van der Waals surface area contributed by atoms with Crippen molar-refractivity contribution >= 4 is 5.97 Å². The van der Waals surface area contributed by atoms with Crippen LogP contribution in [0.4, 0.5) is 0 Å². The normalized spacial score (nSPS) is 25.8. The Morgan fingerprint density at radius 1 is 1.31 bits per heavy atom. The predicted octanol–water partition coefficient (Wildman–Crippen LogP) is 0.783. The second-order valence-electron chi connectivity index (χ2n) is 5.04. The van der Waals surface area contributed by atoms with Crippen LogP contribution in [0.1, 0.15) is 25.7 Å².